The Balaban J connectivity index is 1.12. The average molecular weight is 544 g/mol. The Morgan fingerprint density at radius 1 is 1.02 bits per heavy atom. The van der Waals surface area contributed by atoms with Crippen molar-refractivity contribution in [2.24, 2.45) is 0 Å². The Labute approximate surface area is 226 Å². The molecule has 12 heteroatoms. The maximum Gasteiger partial charge on any atom is 0.410 e. The van der Waals surface area contributed by atoms with Gasteiger partial charge < -0.3 is 15.4 Å². The van der Waals surface area contributed by atoms with E-state index in [0.717, 1.165) is 27.9 Å². The molecule has 0 unspecified atom stereocenters. The van der Waals surface area contributed by atoms with Gasteiger partial charge in [-0.1, -0.05) is 24.3 Å². The molecule has 3 aliphatic rings. The van der Waals surface area contributed by atoms with E-state index >= 15 is 0 Å². The Kier molecular flexibility index (Phi) is 5.51. The minimum Gasteiger partial charge on any atom is -0.446 e. The van der Waals surface area contributed by atoms with Crippen LogP contribution in [0.15, 0.2) is 54.9 Å². The fraction of sp³-hybridized carbons (Fsp3) is 0.250. The van der Waals surface area contributed by atoms with Gasteiger partial charge in [-0.25, -0.2) is 23.5 Å². The number of rotatable bonds is 5. The number of H-pyrrole nitrogens is 1. The van der Waals surface area contributed by atoms with Crippen LogP contribution in [-0.4, -0.2) is 49.1 Å². The van der Waals surface area contributed by atoms with E-state index in [-0.39, 0.29) is 12.5 Å². The number of aromatic nitrogens is 4. The number of hydrogen-bond acceptors (Lipinski definition) is 7. The molecular weight excluding hydrogens is 520 g/mol. The fourth-order valence-corrected chi connectivity index (χ4v) is 5.19. The summed E-state index contributed by atoms with van der Waals surface area (Å²) < 4.78 is 31.5. The largest absolute Gasteiger partial charge is 0.446 e. The third-order valence-electron chi connectivity index (χ3n) is 7.39. The first kappa shape index (κ1) is 24.2. The van der Waals surface area contributed by atoms with Crippen LogP contribution < -0.4 is 10.6 Å². The average Bonchev–Trinajstić information content (AvgIpc) is 3.68. The molecule has 7 rings (SSSR count). The van der Waals surface area contributed by atoms with E-state index < -0.39 is 31.0 Å². The number of carbonyl (C=O) groups is 2. The molecule has 1 saturated carbocycles. The highest BCUT2D eigenvalue weighted by molar-refractivity contribution is 5.98. The monoisotopic (exact) mass is 543 g/mol. The number of ether oxygens (including phenoxy) is 1. The van der Waals surface area contributed by atoms with Crippen LogP contribution in [0.25, 0.3) is 22.5 Å². The van der Waals surface area contributed by atoms with Gasteiger partial charge in [0.05, 0.1) is 6.20 Å². The van der Waals surface area contributed by atoms with E-state index in [0.29, 0.717) is 41.6 Å². The molecule has 1 fully saturated rings. The van der Waals surface area contributed by atoms with Crippen LogP contribution in [0.3, 0.4) is 0 Å². The molecule has 0 bridgehead atoms. The zero-order valence-electron chi connectivity index (χ0n) is 21.1. The third kappa shape index (κ3) is 4.40. The summed E-state index contributed by atoms with van der Waals surface area (Å²) in [7, 11) is 0. The number of aromatic amines is 1. The Bertz CT molecular complexity index is 1630. The number of amides is 2. The van der Waals surface area contributed by atoms with Crippen molar-refractivity contribution in [1.82, 2.24) is 30.4 Å². The van der Waals surface area contributed by atoms with Crippen molar-refractivity contribution >= 4 is 23.5 Å². The highest BCUT2D eigenvalue weighted by Crippen LogP contribution is 2.40. The lowest BCUT2D eigenvalue weighted by Crippen LogP contribution is -2.44. The van der Waals surface area contributed by atoms with E-state index in [1.807, 2.05) is 48.7 Å². The quantitative estimate of drug-likeness (QED) is 0.331. The number of anilines is 2. The normalized spacial score (nSPS) is 17.1. The minimum absolute atomic E-state index is 0.270. The maximum atomic E-state index is 13.1. The first-order valence-corrected chi connectivity index (χ1v) is 12.8. The summed E-state index contributed by atoms with van der Waals surface area (Å²) in [6, 6.07) is 13.4. The van der Waals surface area contributed by atoms with Gasteiger partial charge >= 0.3 is 6.09 Å². The van der Waals surface area contributed by atoms with Gasteiger partial charge in [0.1, 0.15) is 17.6 Å². The topological polar surface area (TPSA) is 125 Å². The van der Waals surface area contributed by atoms with Crippen molar-refractivity contribution in [2.75, 3.05) is 5.32 Å². The second-order valence-electron chi connectivity index (χ2n) is 10.2. The van der Waals surface area contributed by atoms with E-state index in [2.05, 4.69) is 25.8 Å². The molecule has 40 heavy (non-hydrogen) atoms. The summed E-state index contributed by atoms with van der Waals surface area (Å²) in [5.41, 5.74) is 6.26. The highest BCUT2D eigenvalue weighted by Gasteiger charge is 2.48. The lowest BCUT2D eigenvalue weighted by molar-refractivity contribution is -0.148. The van der Waals surface area contributed by atoms with Gasteiger partial charge in [0, 0.05) is 61.1 Å². The van der Waals surface area contributed by atoms with E-state index in [1.165, 1.54) is 4.90 Å². The molecule has 202 valence electrons. The van der Waals surface area contributed by atoms with Crippen molar-refractivity contribution < 1.29 is 23.1 Å². The van der Waals surface area contributed by atoms with Crippen molar-refractivity contribution in [1.29, 1.82) is 0 Å². The third-order valence-corrected chi connectivity index (χ3v) is 7.39. The number of fused-ring (bicyclic) bond motifs is 2. The molecule has 0 saturated heterocycles. The second-order valence-corrected chi connectivity index (χ2v) is 10.2. The van der Waals surface area contributed by atoms with Crippen LogP contribution in [0.4, 0.5) is 25.1 Å². The molecule has 2 aliphatic heterocycles. The number of carbonyl (C=O) groups excluding carboxylic acids is 2. The lowest BCUT2D eigenvalue weighted by atomic mass is 9.91. The van der Waals surface area contributed by atoms with Crippen LogP contribution in [-0.2, 0) is 24.4 Å². The second kappa shape index (κ2) is 9.11. The van der Waals surface area contributed by atoms with Crippen molar-refractivity contribution in [3.63, 3.8) is 0 Å². The van der Waals surface area contributed by atoms with Crippen LogP contribution in [0.1, 0.15) is 40.0 Å². The molecule has 0 radical (unpaired) electrons. The van der Waals surface area contributed by atoms with Gasteiger partial charge in [0.25, 0.3) is 11.8 Å². The first-order chi connectivity index (χ1) is 19.3. The number of nitrogens with zero attached hydrogens (tertiary/aromatic N) is 4. The SMILES string of the molecule is O=C1NCc2c(Nc3ccc(-c4cn[nH]c4)cc3)nc(-c3ccc4c(c3)CN(C(=O)OC3CC(F)(F)C3)C4)nc21. The highest BCUT2D eigenvalue weighted by atomic mass is 19.3. The molecule has 3 N–H and O–H groups in total. The summed E-state index contributed by atoms with van der Waals surface area (Å²) in [5.74, 6) is -2.13. The van der Waals surface area contributed by atoms with Crippen LogP contribution in [0, 0.1) is 0 Å². The zero-order chi connectivity index (χ0) is 27.4. The maximum absolute atomic E-state index is 13.1. The standard InChI is InChI=1S/C28H23F2N7O3/c29-28(30)8-21(9-28)40-27(39)37-13-17-2-1-16(7-18(17)14-37)24-35-23-22(12-31-26(23)38)25(36-24)34-20-5-3-15(4-6-20)19-10-32-33-11-19/h1-7,10-11,21H,8-9,12-14H2,(H,31,38)(H,32,33)(H,34,35,36). The number of alkyl halides is 2. The van der Waals surface area contributed by atoms with Gasteiger partial charge in [-0.15, -0.1) is 0 Å². The predicted octanol–water partition coefficient (Wildman–Crippen LogP) is 4.77. The van der Waals surface area contributed by atoms with E-state index in [9.17, 15) is 18.4 Å². The molecule has 1 aliphatic carbocycles. The molecule has 2 amide bonds. The van der Waals surface area contributed by atoms with Crippen LogP contribution >= 0.6 is 0 Å². The molecule has 4 aromatic rings. The summed E-state index contributed by atoms with van der Waals surface area (Å²) in [6.07, 6.45) is 1.35. The molecule has 0 atom stereocenters. The number of benzene rings is 2. The molecule has 2 aromatic heterocycles. The Hall–Kier alpha value is -4.87. The van der Waals surface area contributed by atoms with Crippen molar-refractivity contribution in [3.05, 3.63) is 77.2 Å². The number of nitrogens with one attached hydrogen (secondary N) is 3. The predicted molar refractivity (Wildman–Crippen MR) is 140 cm³/mol. The van der Waals surface area contributed by atoms with Gasteiger partial charge in [0.15, 0.2) is 5.82 Å². The first-order valence-electron chi connectivity index (χ1n) is 12.8. The smallest absolute Gasteiger partial charge is 0.410 e. The molecule has 10 nitrogen and oxygen atoms in total. The number of halogens is 2. The van der Waals surface area contributed by atoms with Gasteiger partial charge in [0.2, 0.25) is 0 Å². The molecule has 4 heterocycles. The Morgan fingerprint density at radius 2 is 1.80 bits per heavy atom. The summed E-state index contributed by atoms with van der Waals surface area (Å²) >= 11 is 0. The number of hydrogen-bond donors (Lipinski definition) is 3. The van der Waals surface area contributed by atoms with E-state index in [1.54, 1.807) is 6.20 Å². The molecule has 0 spiro atoms. The zero-order valence-corrected chi connectivity index (χ0v) is 21.1. The van der Waals surface area contributed by atoms with Gasteiger partial charge in [-0.05, 0) is 34.9 Å². The summed E-state index contributed by atoms with van der Waals surface area (Å²) in [4.78, 5) is 35.9. The van der Waals surface area contributed by atoms with Crippen LogP contribution in [0.2, 0.25) is 0 Å². The van der Waals surface area contributed by atoms with Crippen LogP contribution in [0.5, 0.6) is 0 Å². The van der Waals surface area contributed by atoms with Gasteiger partial charge in [-0.2, -0.15) is 5.10 Å². The van der Waals surface area contributed by atoms with Crippen molar-refractivity contribution in [3.8, 4) is 22.5 Å². The van der Waals surface area contributed by atoms with Crippen molar-refractivity contribution in [2.45, 2.75) is 44.5 Å². The minimum atomic E-state index is -2.75. The van der Waals surface area contributed by atoms with Gasteiger partial charge in [-0.3, -0.25) is 14.8 Å². The molecule has 2 aromatic carbocycles. The fourth-order valence-electron chi connectivity index (χ4n) is 5.19. The summed E-state index contributed by atoms with van der Waals surface area (Å²) in [5, 5.41) is 12.9. The van der Waals surface area contributed by atoms with E-state index in [4.69, 9.17) is 9.72 Å². The molecular formula is C28H23F2N7O3. The summed E-state index contributed by atoms with van der Waals surface area (Å²) in [6.45, 7) is 0.926. The Morgan fingerprint density at radius 3 is 2.55 bits per heavy atom. The lowest BCUT2D eigenvalue weighted by Gasteiger charge is -2.34.